The van der Waals surface area contributed by atoms with Crippen LogP contribution >= 0.6 is 0 Å². The van der Waals surface area contributed by atoms with Gasteiger partial charge in [-0.15, -0.1) is 0 Å². The molecule has 5 heteroatoms. The molecule has 0 aliphatic carbocycles. The van der Waals surface area contributed by atoms with Gasteiger partial charge in [0.1, 0.15) is 5.78 Å². The van der Waals surface area contributed by atoms with Gasteiger partial charge in [-0.3, -0.25) is 24.2 Å². The number of rotatable bonds is 4. The van der Waals surface area contributed by atoms with Crippen LogP contribution in [0.5, 0.6) is 0 Å². The minimum absolute atomic E-state index is 0.111. The van der Waals surface area contributed by atoms with Crippen molar-refractivity contribution in [1.82, 2.24) is 9.80 Å². The van der Waals surface area contributed by atoms with Crippen LogP contribution in [0.2, 0.25) is 0 Å². The Kier molecular flexibility index (Phi) is 4.62. The average Bonchev–Trinajstić information content (AvgIpc) is 2.94. The predicted molar refractivity (Wildman–Crippen MR) is 101 cm³/mol. The van der Waals surface area contributed by atoms with Crippen molar-refractivity contribution in [2.75, 3.05) is 13.1 Å². The van der Waals surface area contributed by atoms with Crippen molar-refractivity contribution in [3.63, 3.8) is 0 Å². The zero-order valence-corrected chi connectivity index (χ0v) is 15.3. The first-order valence-electron chi connectivity index (χ1n) is 9.34. The highest BCUT2D eigenvalue weighted by atomic mass is 16.2. The van der Waals surface area contributed by atoms with Crippen molar-refractivity contribution in [2.24, 2.45) is 0 Å². The summed E-state index contributed by atoms with van der Waals surface area (Å²) < 4.78 is 0. The van der Waals surface area contributed by atoms with Gasteiger partial charge in [0.2, 0.25) is 0 Å². The molecule has 27 heavy (non-hydrogen) atoms. The molecule has 0 aromatic heterocycles. The van der Waals surface area contributed by atoms with E-state index in [-0.39, 0.29) is 36.2 Å². The lowest BCUT2D eigenvalue weighted by molar-refractivity contribution is -0.124. The number of nitrogens with zero attached hydrogens (tertiary/aromatic N) is 2. The van der Waals surface area contributed by atoms with Gasteiger partial charge in [0.15, 0.2) is 0 Å². The SMILES string of the molecule is C[C@@H](c1ccccc1)N1CCC(=O)C[C@@H]1CN1C(=O)c2ccccc2C1=O. The van der Waals surface area contributed by atoms with Gasteiger partial charge >= 0.3 is 0 Å². The van der Waals surface area contributed by atoms with Crippen molar-refractivity contribution in [2.45, 2.75) is 31.8 Å². The van der Waals surface area contributed by atoms with Crippen LogP contribution in [0, 0.1) is 0 Å². The Bertz CT molecular complexity index is 858. The van der Waals surface area contributed by atoms with Crippen LogP contribution in [-0.2, 0) is 4.79 Å². The highest BCUT2D eigenvalue weighted by Crippen LogP contribution is 2.30. The molecule has 0 unspecified atom stereocenters. The number of hydrogen-bond donors (Lipinski definition) is 0. The molecule has 1 saturated heterocycles. The largest absolute Gasteiger partial charge is 0.300 e. The second-order valence-electron chi connectivity index (χ2n) is 7.24. The molecule has 2 atom stereocenters. The third-order valence-corrected chi connectivity index (χ3v) is 5.63. The molecule has 2 heterocycles. The average molecular weight is 362 g/mol. The second-order valence-corrected chi connectivity index (χ2v) is 7.24. The lowest BCUT2D eigenvalue weighted by atomic mass is 9.96. The maximum Gasteiger partial charge on any atom is 0.261 e. The van der Waals surface area contributed by atoms with Crippen LogP contribution in [0.4, 0.5) is 0 Å². The molecule has 1 fully saturated rings. The van der Waals surface area contributed by atoms with E-state index in [4.69, 9.17) is 0 Å². The number of likely N-dealkylation sites (tertiary alicyclic amines) is 1. The van der Waals surface area contributed by atoms with Crippen molar-refractivity contribution in [1.29, 1.82) is 0 Å². The maximum atomic E-state index is 12.7. The third-order valence-electron chi connectivity index (χ3n) is 5.63. The van der Waals surface area contributed by atoms with Gasteiger partial charge < -0.3 is 0 Å². The Morgan fingerprint density at radius 1 is 0.926 bits per heavy atom. The molecule has 2 aromatic rings. The van der Waals surface area contributed by atoms with Gasteiger partial charge in [-0.2, -0.15) is 0 Å². The van der Waals surface area contributed by atoms with E-state index in [1.54, 1.807) is 24.3 Å². The second kappa shape index (κ2) is 7.08. The highest BCUT2D eigenvalue weighted by molar-refractivity contribution is 6.21. The van der Waals surface area contributed by atoms with Gasteiger partial charge in [-0.25, -0.2) is 0 Å². The summed E-state index contributed by atoms with van der Waals surface area (Å²) in [6.07, 6.45) is 0.875. The fourth-order valence-corrected chi connectivity index (χ4v) is 4.14. The first-order chi connectivity index (χ1) is 13.1. The maximum absolute atomic E-state index is 12.7. The molecule has 0 radical (unpaired) electrons. The number of carbonyl (C=O) groups excluding carboxylic acids is 3. The Hall–Kier alpha value is -2.79. The Balaban J connectivity index is 1.58. The van der Waals surface area contributed by atoms with E-state index in [2.05, 4.69) is 24.0 Å². The molecule has 2 aliphatic rings. The molecule has 2 aromatic carbocycles. The van der Waals surface area contributed by atoms with E-state index in [0.717, 1.165) is 0 Å². The Morgan fingerprint density at radius 3 is 2.15 bits per heavy atom. The first-order valence-corrected chi connectivity index (χ1v) is 9.34. The summed E-state index contributed by atoms with van der Waals surface area (Å²) in [4.78, 5) is 41.1. The van der Waals surface area contributed by atoms with Crippen molar-refractivity contribution in [3.05, 3.63) is 71.3 Å². The van der Waals surface area contributed by atoms with E-state index in [1.807, 2.05) is 18.2 Å². The fourth-order valence-electron chi connectivity index (χ4n) is 4.14. The minimum Gasteiger partial charge on any atom is -0.300 e. The first kappa shape index (κ1) is 17.6. The summed E-state index contributed by atoms with van der Waals surface area (Å²) in [6, 6.07) is 17.0. The predicted octanol–water partition coefficient (Wildman–Crippen LogP) is 3.08. The summed E-state index contributed by atoms with van der Waals surface area (Å²) in [7, 11) is 0. The van der Waals surface area contributed by atoms with Gasteiger partial charge in [-0.05, 0) is 24.6 Å². The number of amides is 2. The van der Waals surface area contributed by atoms with E-state index >= 15 is 0 Å². The van der Waals surface area contributed by atoms with Crippen LogP contribution < -0.4 is 0 Å². The van der Waals surface area contributed by atoms with Crippen LogP contribution in [0.3, 0.4) is 0 Å². The van der Waals surface area contributed by atoms with Gasteiger partial charge in [0.05, 0.1) is 11.1 Å². The Morgan fingerprint density at radius 2 is 1.52 bits per heavy atom. The molecule has 0 spiro atoms. The topological polar surface area (TPSA) is 57.7 Å². The van der Waals surface area contributed by atoms with Crippen LogP contribution in [0.1, 0.15) is 52.1 Å². The minimum atomic E-state index is -0.263. The number of piperidine rings is 1. The highest BCUT2D eigenvalue weighted by Gasteiger charge is 2.39. The number of fused-ring (bicyclic) bond motifs is 1. The summed E-state index contributed by atoms with van der Waals surface area (Å²) >= 11 is 0. The molecule has 2 amide bonds. The molecule has 0 N–H and O–H groups in total. The molecule has 2 aliphatic heterocycles. The number of carbonyl (C=O) groups is 3. The van der Waals surface area contributed by atoms with Crippen LogP contribution in [0.25, 0.3) is 0 Å². The number of imide groups is 1. The lowest BCUT2D eigenvalue weighted by Crippen LogP contribution is -2.51. The van der Waals surface area contributed by atoms with Crippen molar-refractivity contribution < 1.29 is 14.4 Å². The number of Topliss-reactive ketones (excluding diaryl/α,β-unsaturated/α-hetero) is 1. The molecule has 0 bridgehead atoms. The smallest absolute Gasteiger partial charge is 0.261 e. The van der Waals surface area contributed by atoms with Crippen molar-refractivity contribution in [3.8, 4) is 0 Å². The number of hydrogen-bond acceptors (Lipinski definition) is 4. The molecular formula is C22H22N2O3. The summed E-state index contributed by atoms with van der Waals surface area (Å²) in [5.41, 5.74) is 2.07. The van der Waals surface area contributed by atoms with Crippen molar-refractivity contribution >= 4 is 17.6 Å². The molecular weight excluding hydrogens is 340 g/mol. The van der Waals surface area contributed by atoms with E-state index in [0.29, 0.717) is 30.5 Å². The molecule has 0 saturated carbocycles. The lowest BCUT2D eigenvalue weighted by Gasteiger charge is -2.40. The van der Waals surface area contributed by atoms with E-state index < -0.39 is 0 Å². The van der Waals surface area contributed by atoms with E-state index in [9.17, 15) is 14.4 Å². The fraction of sp³-hybridized carbons (Fsp3) is 0.318. The summed E-state index contributed by atoms with van der Waals surface area (Å²) in [5.74, 6) is -0.338. The standard InChI is InChI=1S/C22H22N2O3/c1-15(16-7-3-2-4-8-16)23-12-11-18(25)13-17(23)14-24-21(26)19-9-5-6-10-20(19)22(24)27/h2-10,15,17H,11-14H2,1H3/t15-,17+/m0/s1. The molecule has 4 rings (SSSR count). The third kappa shape index (κ3) is 3.19. The summed E-state index contributed by atoms with van der Waals surface area (Å²) in [6.45, 7) is 3.00. The van der Waals surface area contributed by atoms with Gasteiger partial charge in [-0.1, -0.05) is 42.5 Å². The van der Waals surface area contributed by atoms with Crippen LogP contribution in [-0.4, -0.2) is 46.5 Å². The van der Waals surface area contributed by atoms with E-state index in [1.165, 1.54) is 10.5 Å². The normalized spacial score (nSPS) is 21.4. The summed E-state index contributed by atoms with van der Waals surface area (Å²) in [5, 5.41) is 0. The van der Waals surface area contributed by atoms with Gasteiger partial charge in [0.25, 0.3) is 11.8 Å². The van der Waals surface area contributed by atoms with Gasteiger partial charge in [0, 0.05) is 38.0 Å². The monoisotopic (exact) mass is 362 g/mol. The van der Waals surface area contributed by atoms with Crippen LogP contribution in [0.15, 0.2) is 54.6 Å². The molecule has 5 nitrogen and oxygen atoms in total. The number of ketones is 1. The quantitative estimate of drug-likeness (QED) is 0.785. The molecule has 138 valence electrons. The Labute approximate surface area is 158 Å². The number of benzene rings is 2. The zero-order valence-electron chi connectivity index (χ0n) is 15.3. The zero-order chi connectivity index (χ0) is 19.0.